The van der Waals surface area contributed by atoms with Crippen molar-refractivity contribution < 1.29 is 4.79 Å². The number of aryl methyl sites for hydroxylation is 1. The number of nitrogens with zero attached hydrogens (tertiary/aromatic N) is 2. The first kappa shape index (κ1) is 13.9. The van der Waals surface area contributed by atoms with Crippen LogP contribution in [-0.4, -0.2) is 15.5 Å². The lowest BCUT2D eigenvalue weighted by molar-refractivity contribution is -0.118. The molecule has 0 fully saturated rings. The number of rotatable bonds is 4. The zero-order valence-electron chi connectivity index (χ0n) is 11.4. The molecule has 0 saturated heterocycles. The van der Waals surface area contributed by atoms with Crippen molar-refractivity contribution >= 4 is 28.5 Å². The van der Waals surface area contributed by atoms with Gasteiger partial charge in [0.25, 0.3) is 0 Å². The average Bonchev–Trinajstić information content (AvgIpc) is 2.66. The predicted octanol–water partition coefficient (Wildman–Crippen LogP) is 3.08. The molecule has 102 valence electrons. The van der Waals surface area contributed by atoms with Gasteiger partial charge in [-0.05, 0) is 38.5 Å². The number of carbonyl (C=O) groups excluding carboxylic acids is 1. The van der Waals surface area contributed by atoms with Crippen LogP contribution >= 0.6 is 11.6 Å². The summed E-state index contributed by atoms with van der Waals surface area (Å²) in [6.07, 6.45) is 0.274. The van der Waals surface area contributed by atoms with E-state index in [4.69, 9.17) is 17.3 Å². The fourth-order valence-electron chi connectivity index (χ4n) is 2.35. The van der Waals surface area contributed by atoms with E-state index in [2.05, 4.69) is 11.1 Å². The number of hydrogen-bond acceptors (Lipinski definition) is 2. The highest BCUT2D eigenvalue weighted by Gasteiger charge is 2.20. The number of nitrogens with two attached hydrogens (primary N) is 1. The first-order chi connectivity index (χ1) is 8.90. The van der Waals surface area contributed by atoms with Gasteiger partial charge in [0.15, 0.2) is 0 Å². The molecule has 0 spiro atoms. The van der Waals surface area contributed by atoms with Gasteiger partial charge in [-0.3, -0.25) is 4.79 Å². The molecule has 2 atom stereocenters. The summed E-state index contributed by atoms with van der Waals surface area (Å²) in [6.45, 7) is 5.86. The lowest BCUT2D eigenvalue weighted by atomic mass is 10.2. The van der Waals surface area contributed by atoms with Crippen LogP contribution in [0.5, 0.6) is 0 Å². The van der Waals surface area contributed by atoms with Crippen molar-refractivity contribution in [1.82, 2.24) is 9.55 Å². The number of alkyl halides is 1. The summed E-state index contributed by atoms with van der Waals surface area (Å²) in [5.41, 5.74) is 8.33. The molecule has 0 saturated carbocycles. The molecule has 5 heteroatoms. The minimum Gasteiger partial charge on any atom is -0.370 e. The van der Waals surface area contributed by atoms with E-state index in [-0.39, 0.29) is 23.7 Å². The van der Waals surface area contributed by atoms with Crippen LogP contribution < -0.4 is 5.73 Å². The van der Waals surface area contributed by atoms with Crippen LogP contribution in [0.2, 0.25) is 0 Å². The molecule has 1 heterocycles. The number of hydrogen-bond donors (Lipinski definition) is 1. The zero-order valence-corrected chi connectivity index (χ0v) is 12.1. The third-order valence-electron chi connectivity index (χ3n) is 3.17. The highest BCUT2D eigenvalue weighted by molar-refractivity contribution is 6.20. The van der Waals surface area contributed by atoms with E-state index in [1.54, 1.807) is 0 Å². The number of fused-ring (bicyclic) bond motifs is 1. The molecule has 1 amide bonds. The van der Waals surface area contributed by atoms with Gasteiger partial charge in [0.2, 0.25) is 5.91 Å². The molecule has 0 aliphatic heterocycles. The van der Waals surface area contributed by atoms with E-state index in [1.807, 2.05) is 37.5 Å². The van der Waals surface area contributed by atoms with Crippen LogP contribution in [-0.2, 0) is 4.79 Å². The van der Waals surface area contributed by atoms with Gasteiger partial charge < -0.3 is 10.3 Å². The Morgan fingerprint density at radius 1 is 1.47 bits per heavy atom. The fourth-order valence-corrected chi connectivity index (χ4v) is 2.50. The van der Waals surface area contributed by atoms with Gasteiger partial charge in [0.1, 0.15) is 5.82 Å². The lowest BCUT2D eigenvalue weighted by Gasteiger charge is -2.17. The van der Waals surface area contributed by atoms with Crippen molar-refractivity contribution in [3.05, 3.63) is 29.6 Å². The Balaban J connectivity index is 2.63. The second-order valence-corrected chi connectivity index (χ2v) is 5.62. The number of primary amides is 1. The molecular weight excluding hydrogens is 262 g/mol. The number of carbonyl (C=O) groups is 1. The topological polar surface area (TPSA) is 60.9 Å². The van der Waals surface area contributed by atoms with Crippen LogP contribution in [0.25, 0.3) is 11.0 Å². The van der Waals surface area contributed by atoms with E-state index in [0.29, 0.717) is 0 Å². The SMILES string of the molecule is Cc1ccc2nc(C(C)Cl)n(C(C)CC(N)=O)c2c1. The molecule has 0 aliphatic carbocycles. The summed E-state index contributed by atoms with van der Waals surface area (Å²) in [5.74, 6) is 0.450. The first-order valence-corrected chi connectivity index (χ1v) is 6.74. The van der Waals surface area contributed by atoms with E-state index in [0.717, 1.165) is 22.4 Å². The van der Waals surface area contributed by atoms with Crippen LogP contribution in [0.15, 0.2) is 18.2 Å². The number of amides is 1. The summed E-state index contributed by atoms with van der Waals surface area (Å²) >= 11 is 6.20. The predicted molar refractivity (Wildman–Crippen MR) is 77.3 cm³/mol. The van der Waals surface area contributed by atoms with Crippen LogP contribution in [0, 0.1) is 6.92 Å². The second kappa shape index (κ2) is 5.21. The largest absolute Gasteiger partial charge is 0.370 e. The summed E-state index contributed by atoms with van der Waals surface area (Å²) in [4.78, 5) is 15.7. The quantitative estimate of drug-likeness (QED) is 0.874. The molecule has 0 aliphatic rings. The van der Waals surface area contributed by atoms with Gasteiger partial charge in [0, 0.05) is 12.5 Å². The number of halogens is 1. The van der Waals surface area contributed by atoms with E-state index < -0.39 is 0 Å². The number of aromatic nitrogens is 2. The minimum atomic E-state index is -0.324. The number of imidazole rings is 1. The van der Waals surface area contributed by atoms with E-state index in [9.17, 15) is 4.79 Å². The smallest absolute Gasteiger partial charge is 0.219 e. The molecule has 0 bridgehead atoms. The maximum atomic E-state index is 11.1. The molecule has 2 unspecified atom stereocenters. The van der Waals surface area contributed by atoms with Crippen molar-refractivity contribution in [3.63, 3.8) is 0 Å². The molecule has 1 aromatic carbocycles. The third-order valence-corrected chi connectivity index (χ3v) is 3.36. The Morgan fingerprint density at radius 3 is 2.74 bits per heavy atom. The van der Waals surface area contributed by atoms with Crippen LogP contribution in [0.1, 0.15) is 43.1 Å². The normalized spacial score (nSPS) is 14.5. The summed E-state index contributed by atoms with van der Waals surface area (Å²) in [6, 6.07) is 5.99. The molecule has 0 radical (unpaired) electrons. The Kier molecular flexibility index (Phi) is 3.80. The molecule has 2 N–H and O–H groups in total. The van der Waals surface area contributed by atoms with Gasteiger partial charge in [-0.25, -0.2) is 4.98 Å². The maximum Gasteiger partial charge on any atom is 0.219 e. The molecular formula is C14H18ClN3O. The zero-order chi connectivity index (χ0) is 14.2. The molecule has 2 aromatic rings. The maximum absolute atomic E-state index is 11.1. The van der Waals surface area contributed by atoms with Crippen molar-refractivity contribution in [2.45, 2.75) is 38.6 Å². The van der Waals surface area contributed by atoms with Crippen molar-refractivity contribution in [3.8, 4) is 0 Å². The van der Waals surface area contributed by atoms with E-state index in [1.165, 1.54) is 0 Å². The average molecular weight is 280 g/mol. The molecule has 2 rings (SSSR count). The van der Waals surface area contributed by atoms with Gasteiger partial charge in [-0.2, -0.15) is 0 Å². The van der Waals surface area contributed by atoms with Crippen LogP contribution in [0.4, 0.5) is 0 Å². The first-order valence-electron chi connectivity index (χ1n) is 6.31. The Hall–Kier alpha value is -1.55. The van der Waals surface area contributed by atoms with Crippen molar-refractivity contribution in [2.24, 2.45) is 5.73 Å². The Bertz CT molecular complexity index is 618. The Morgan fingerprint density at radius 2 is 2.16 bits per heavy atom. The minimum absolute atomic E-state index is 0.0551. The summed E-state index contributed by atoms with van der Waals surface area (Å²) in [5, 5.41) is -0.219. The highest BCUT2D eigenvalue weighted by atomic mass is 35.5. The number of benzene rings is 1. The monoisotopic (exact) mass is 279 g/mol. The van der Waals surface area contributed by atoms with Gasteiger partial charge in [-0.15, -0.1) is 11.6 Å². The summed E-state index contributed by atoms with van der Waals surface area (Å²) < 4.78 is 2.02. The van der Waals surface area contributed by atoms with E-state index >= 15 is 0 Å². The second-order valence-electron chi connectivity index (χ2n) is 4.97. The Labute approximate surface area is 117 Å². The third kappa shape index (κ3) is 2.73. The fraction of sp³-hybridized carbons (Fsp3) is 0.429. The standard InChI is InChI=1S/C14H18ClN3O/c1-8-4-5-11-12(6-8)18(9(2)7-13(16)19)14(17-11)10(3)15/h4-6,9-10H,7H2,1-3H3,(H2,16,19). The van der Waals surface area contributed by atoms with Gasteiger partial charge >= 0.3 is 0 Å². The van der Waals surface area contributed by atoms with Gasteiger partial charge in [-0.1, -0.05) is 6.07 Å². The lowest BCUT2D eigenvalue weighted by Crippen LogP contribution is -2.19. The van der Waals surface area contributed by atoms with Crippen molar-refractivity contribution in [1.29, 1.82) is 0 Å². The van der Waals surface area contributed by atoms with Crippen LogP contribution in [0.3, 0.4) is 0 Å². The van der Waals surface area contributed by atoms with Crippen molar-refractivity contribution in [2.75, 3.05) is 0 Å². The molecule has 1 aromatic heterocycles. The summed E-state index contributed by atoms with van der Waals surface area (Å²) in [7, 11) is 0. The highest BCUT2D eigenvalue weighted by Crippen LogP contribution is 2.29. The molecule has 4 nitrogen and oxygen atoms in total. The van der Waals surface area contributed by atoms with Gasteiger partial charge in [0.05, 0.1) is 16.4 Å². The molecule has 19 heavy (non-hydrogen) atoms.